The number of nitrogens with one attached hydrogen (secondary N) is 1. The Kier molecular flexibility index (Phi) is 8.50. The molecule has 1 aliphatic rings. The van der Waals surface area contributed by atoms with E-state index in [2.05, 4.69) is 10.2 Å². The highest BCUT2D eigenvalue weighted by molar-refractivity contribution is 6.31. The predicted molar refractivity (Wildman–Crippen MR) is 138 cm³/mol. The molecule has 182 valence electrons. The molecular weight excluding hydrogens is 465 g/mol. The molecule has 0 aliphatic carbocycles. The van der Waals surface area contributed by atoms with Crippen LogP contribution in [-0.4, -0.2) is 42.9 Å². The lowest BCUT2D eigenvalue weighted by Crippen LogP contribution is -2.40. The molecule has 7 heteroatoms. The van der Waals surface area contributed by atoms with E-state index in [0.29, 0.717) is 22.8 Å². The predicted octanol–water partition coefficient (Wildman–Crippen LogP) is 5.87. The fourth-order valence-electron chi connectivity index (χ4n) is 4.38. The van der Waals surface area contributed by atoms with Crippen molar-refractivity contribution in [3.05, 3.63) is 95.3 Å². The number of nitrogens with zero attached hydrogens (tertiary/aromatic N) is 2. The second-order valence-electron chi connectivity index (χ2n) is 8.77. The topological polar surface area (TPSA) is 52.7 Å². The summed E-state index contributed by atoms with van der Waals surface area (Å²) in [5, 5.41) is 3.55. The van der Waals surface area contributed by atoms with Gasteiger partial charge in [0.25, 0.3) is 5.91 Å². The fraction of sp³-hybridized carbons (Fsp3) is 0.286. The van der Waals surface area contributed by atoms with Gasteiger partial charge < -0.3 is 15.1 Å². The third kappa shape index (κ3) is 6.90. The van der Waals surface area contributed by atoms with Crippen molar-refractivity contribution in [1.29, 1.82) is 0 Å². The smallest absolute Gasteiger partial charge is 0.258 e. The number of carbonyl (C=O) groups excluding carboxylic acids is 2. The van der Waals surface area contributed by atoms with Crippen molar-refractivity contribution in [2.75, 3.05) is 36.4 Å². The van der Waals surface area contributed by atoms with Crippen molar-refractivity contribution in [3.8, 4) is 0 Å². The first-order chi connectivity index (χ1) is 17.0. The van der Waals surface area contributed by atoms with E-state index in [0.717, 1.165) is 44.6 Å². The molecule has 0 radical (unpaired) electrons. The molecule has 0 saturated carbocycles. The first kappa shape index (κ1) is 24.9. The largest absolute Gasteiger partial charge is 0.326 e. The third-order valence-corrected chi connectivity index (χ3v) is 6.55. The molecule has 4 rings (SSSR count). The van der Waals surface area contributed by atoms with Crippen LogP contribution in [0.2, 0.25) is 5.02 Å². The van der Waals surface area contributed by atoms with Crippen LogP contribution >= 0.6 is 11.6 Å². The second kappa shape index (κ2) is 12.0. The Morgan fingerprint density at radius 3 is 2.37 bits per heavy atom. The van der Waals surface area contributed by atoms with Crippen LogP contribution in [-0.2, 0) is 4.79 Å². The fourth-order valence-corrected chi connectivity index (χ4v) is 4.56. The van der Waals surface area contributed by atoms with E-state index in [4.69, 9.17) is 11.6 Å². The maximum absolute atomic E-state index is 13.3. The highest BCUT2D eigenvalue weighted by Crippen LogP contribution is 2.23. The van der Waals surface area contributed by atoms with E-state index in [-0.39, 0.29) is 23.5 Å². The lowest BCUT2D eigenvalue weighted by molar-refractivity contribution is -0.121. The van der Waals surface area contributed by atoms with Crippen molar-refractivity contribution in [2.24, 2.45) is 5.92 Å². The maximum Gasteiger partial charge on any atom is 0.258 e. The SMILES string of the molecule is O=C(Nc1ccccc1)C1CCN(CCCN(C(=O)c2ccc(F)cc2)c2cccc(Cl)c2)CC1. The summed E-state index contributed by atoms with van der Waals surface area (Å²) in [4.78, 5) is 29.8. The Labute approximate surface area is 210 Å². The number of halogens is 2. The average Bonchev–Trinajstić information content (AvgIpc) is 2.87. The minimum atomic E-state index is -0.378. The van der Waals surface area contributed by atoms with Gasteiger partial charge in [0.1, 0.15) is 5.82 Å². The Balaban J connectivity index is 1.31. The number of carbonyl (C=O) groups is 2. The molecule has 0 bridgehead atoms. The van der Waals surface area contributed by atoms with Gasteiger partial charge in [-0.05, 0) is 93.5 Å². The molecule has 0 unspecified atom stereocenters. The molecule has 5 nitrogen and oxygen atoms in total. The summed E-state index contributed by atoms with van der Waals surface area (Å²) >= 11 is 6.18. The Morgan fingerprint density at radius 1 is 0.971 bits per heavy atom. The van der Waals surface area contributed by atoms with Crippen molar-refractivity contribution in [2.45, 2.75) is 19.3 Å². The van der Waals surface area contributed by atoms with E-state index in [1.165, 1.54) is 24.3 Å². The van der Waals surface area contributed by atoms with Crippen molar-refractivity contribution >= 4 is 34.8 Å². The van der Waals surface area contributed by atoms with E-state index in [9.17, 15) is 14.0 Å². The molecule has 0 aromatic heterocycles. The number of para-hydroxylation sites is 1. The number of piperidine rings is 1. The standard InChI is InChI=1S/C28H29ClFN3O2/c29-23-6-4-9-26(20-23)33(28(35)22-10-12-24(30)13-11-22)17-5-16-32-18-14-21(15-19-32)27(34)31-25-7-2-1-3-8-25/h1-4,6-13,20-21H,5,14-19H2,(H,31,34). The van der Waals surface area contributed by atoms with Gasteiger partial charge in [-0.15, -0.1) is 0 Å². The second-order valence-corrected chi connectivity index (χ2v) is 9.20. The lowest BCUT2D eigenvalue weighted by atomic mass is 9.95. The van der Waals surface area contributed by atoms with E-state index < -0.39 is 0 Å². The number of rotatable bonds is 8. The number of likely N-dealkylation sites (tertiary alicyclic amines) is 1. The maximum atomic E-state index is 13.3. The summed E-state index contributed by atoms with van der Waals surface area (Å²) in [6.07, 6.45) is 2.39. The first-order valence-corrected chi connectivity index (χ1v) is 12.3. The van der Waals surface area contributed by atoms with Crippen LogP contribution in [0, 0.1) is 11.7 Å². The first-order valence-electron chi connectivity index (χ1n) is 11.9. The molecule has 1 N–H and O–H groups in total. The van der Waals surface area contributed by atoms with Gasteiger partial charge in [-0.1, -0.05) is 35.9 Å². The summed E-state index contributed by atoms with van der Waals surface area (Å²) in [7, 11) is 0. The summed E-state index contributed by atoms with van der Waals surface area (Å²) in [6.45, 7) is 3.01. The Hall–Kier alpha value is -3.22. The summed E-state index contributed by atoms with van der Waals surface area (Å²) in [5.41, 5.74) is 1.96. The van der Waals surface area contributed by atoms with Gasteiger partial charge in [0.05, 0.1) is 0 Å². The Bertz CT molecular complexity index is 1130. The normalized spacial score (nSPS) is 14.5. The number of benzene rings is 3. The van der Waals surface area contributed by atoms with Gasteiger partial charge in [-0.3, -0.25) is 9.59 Å². The highest BCUT2D eigenvalue weighted by atomic mass is 35.5. The molecule has 1 fully saturated rings. The number of hydrogen-bond donors (Lipinski definition) is 1. The number of hydrogen-bond acceptors (Lipinski definition) is 3. The van der Waals surface area contributed by atoms with Gasteiger partial charge in [0, 0.05) is 34.4 Å². The molecule has 1 heterocycles. The highest BCUT2D eigenvalue weighted by Gasteiger charge is 2.25. The van der Waals surface area contributed by atoms with Crippen LogP contribution in [0.1, 0.15) is 29.6 Å². The monoisotopic (exact) mass is 493 g/mol. The molecule has 1 aliphatic heterocycles. The van der Waals surface area contributed by atoms with E-state index >= 15 is 0 Å². The zero-order valence-electron chi connectivity index (χ0n) is 19.5. The van der Waals surface area contributed by atoms with Gasteiger partial charge in [-0.25, -0.2) is 4.39 Å². The molecule has 2 amide bonds. The van der Waals surface area contributed by atoms with Crippen LogP contribution < -0.4 is 10.2 Å². The van der Waals surface area contributed by atoms with Gasteiger partial charge >= 0.3 is 0 Å². The molecule has 0 spiro atoms. The van der Waals surface area contributed by atoms with Crippen molar-refractivity contribution in [3.63, 3.8) is 0 Å². The van der Waals surface area contributed by atoms with Crippen LogP contribution in [0.25, 0.3) is 0 Å². The number of amides is 2. The van der Waals surface area contributed by atoms with Crippen LogP contribution in [0.4, 0.5) is 15.8 Å². The summed E-state index contributed by atoms with van der Waals surface area (Å²) < 4.78 is 13.3. The summed E-state index contributed by atoms with van der Waals surface area (Å²) in [6, 6.07) is 22.3. The zero-order chi connectivity index (χ0) is 24.6. The van der Waals surface area contributed by atoms with Gasteiger partial charge in [0.2, 0.25) is 5.91 Å². The molecule has 1 saturated heterocycles. The van der Waals surface area contributed by atoms with Gasteiger partial charge in [-0.2, -0.15) is 0 Å². The van der Waals surface area contributed by atoms with Crippen molar-refractivity contribution < 1.29 is 14.0 Å². The van der Waals surface area contributed by atoms with E-state index in [1.54, 1.807) is 17.0 Å². The summed E-state index contributed by atoms with van der Waals surface area (Å²) in [5.74, 6) is -0.484. The minimum Gasteiger partial charge on any atom is -0.326 e. The number of anilines is 2. The minimum absolute atomic E-state index is 0.00877. The molecule has 3 aromatic rings. The molecule has 0 atom stereocenters. The quantitative estimate of drug-likeness (QED) is 0.427. The van der Waals surface area contributed by atoms with Crippen LogP contribution in [0.5, 0.6) is 0 Å². The van der Waals surface area contributed by atoms with Crippen molar-refractivity contribution in [1.82, 2.24) is 4.90 Å². The van der Waals surface area contributed by atoms with Gasteiger partial charge in [0.15, 0.2) is 0 Å². The molecule has 3 aromatic carbocycles. The van der Waals surface area contributed by atoms with Crippen LogP contribution in [0.15, 0.2) is 78.9 Å². The third-order valence-electron chi connectivity index (χ3n) is 6.31. The zero-order valence-corrected chi connectivity index (χ0v) is 20.3. The van der Waals surface area contributed by atoms with E-state index in [1.807, 2.05) is 42.5 Å². The molecular formula is C28H29ClFN3O2. The Morgan fingerprint density at radius 2 is 1.69 bits per heavy atom. The average molecular weight is 494 g/mol. The molecule has 35 heavy (non-hydrogen) atoms. The van der Waals surface area contributed by atoms with Crippen LogP contribution in [0.3, 0.4) is 0 Å². The lowest BCUT2D eigenvalue weighted by Gasteiger charge is -2.32.